The minimum atomic E-state index is -0.602. The second-order valence-electron chi connectivity index (χ2n) is 7.25. The van der Waals surface area contributed by atoms with E-state index in [1.54, 1.807) is 17.9 Å². The Morgan fingerprint density at radius 1 is 1.38 bits per heavy atom. The van der Waals surface area contributed by atoms with Gasteiger partial charge in [-0.1, -0.05) is 37.2 Å². The van der Waals surface area contributed by atoms with Crippen molar-refractivity contribution in [2.45, 2.75) is 39.5 Å². The minimum Gasteiger partial charge on any atom is -0.455 e. The van der Waals surface area contributed by atoms with Crippen molar-refractivity contribution in [3.63, 3.8) is 0 Å². The van der Waals surface area contributed by atoms with Crippen LogP contribution in [0.15, 0.2) is 34.9 Å². The normalized spacial score (nSPS) is 17.3. The molecule has 3 rings (SSSR count). The van der Waals surface area contributed by atoms with Gasteiger partial charge in [-0.15, -0.1) is 0 Å². The molecule has 1 fully saturated rings. The number of aryl methyl sites for hydroxylation is 1. The fraction of sp³-hybridized carbons (Fsp3) is 0.429. The van der Waals surface area contributed by atoms with Crippen LogP contribution in [0.2, 0.25) is 0 Å². The van der Waals surface area contributed by atoms with Gasteiger partial charge >= 0.3 is 5.97 Å². The molecule has 0 saturated carbocycles. The SMILES string of the molecule is CC[C@@H](C)c1ccccc1N1C[C@H](C(=O)OCC(=O)Nc2cc(C)on2)CC1=O. The summed E-state index contributed by atoms with van der Waals surface area (Å²) in [6, 6.07) is 9.31. The summed E-state index contributed by atoms with van der Waals surface area (Å²) in [6.45, 7) is 5.71. The number of ether oxygens (including phenoxy) is 1. The first-order valence-corrected chi connectivity index (χ1v) is 9.68. The van der Waals surface area contributed by atoms with E-state index in [-0.39, 0.29) is 24.7 Å². The number of benzene rings is 1. The van der Waals surface area contributed by atoms with Gasteiger partial charge in [-0.2, -0.15) is 0 Å². The van der Waals surface area contributed by atoms with Crippen molar-refractivity contribution in [2.24, 2.45) is 5.92 Å². The first-order chi connectivity index (χ1) is 13.9. The van der Waals surface area contributed by atoms with Crippen LogP contribution in [0.3, 0.4) is 0 Å². The molecule has 1 aromatic heterocycles. The molecule has 1 aliphatic heterocycles. The van der Waals surface area contributed by atoms with Crippen LogP contribution in [0.1, 0.15) is 43.9 Å². The quantitative estimate of drug-likeness (QED) is 0.718. The minimum absolute atomic E-state index is 0.0672. The highest BCUT2D eigenvalue weighted by molar-refractivity contribution is 6.00. The molecule has 1 aliphatic rings. The summed E-state index contributed by atoms with van der Waals surface area (Å²) in [5, 5.41) is 6.12. The molecule has 0 aliphatic carbocycles. The second-order valence-corrected chi connectivity index (χ2v) is 7.25. The molecule has 8 nitrogen and oxygen atoms in total. The van der Waals surface area contributed by atoms with Gasteiger partial charge in [-0.3, -0.25) is 14.4 Å². The van der Waals surface area contributed by atoms with Crippen LogP contribution in [0.5, 0.6) is 0 Å². The van der Waals surface area contributed by atoms with Crippen molar-refractivity contribution in [3.05, 3.63) is 41.7 Å². The number of esters is 1. The van der Waals surface area contributed by atoms with Crippen molar-refractivity contribution in [1.82, 2.24) is 5.16 Å². The topological polar surface area (TPSA) is 102 Å². The molecule has 2 heterocycles. The number of hydrogen-bond acceptors (Lipinski definition) is 6. The molecule has 8 heteroatoms. The third kappa shape index (κ3) is 4.82. The Morgan fingerprint density at radius 2 is 2.14 bits per heavy atom. The first kappa shape index (κ1) is 20.6. The molecular weight excluding hydrogens is 374 g/mol. The van der Waals surface area contributed by atoms with Gasteiger partial charge in [-0.05, 0) is 30.9 Å². The molecule has 0 radical (unpaired) electrons. The van der Waals surface area contributed by atoms with E-state index in [4.69, 9.17) is 9.26 Å². The predicted molar refractivity (Wildman–Crippen MR) is 106 cm³/mol. The van der Waals surface area contributed by atoms with Gasteiger partial charge in [0.25, 0.3) is 5.91 Å². The van der Waals surface area contributed by atoms with Crippen molar-refractivity contribution in [2.75, 3.05) is 23.4 Å². The molecule has 1 aromatic carbocycles. The van der Waals surface area contributed by atoms with E-state index in [0.29, 0.717) is 11.7 Å². The van der Waals surface area contributed by atoms with Crippen molar-refractivity contribution < 1.29 is 23.6 Å². The average Bonchev–Trinajstić information content (AvgIpc) is 3.30. The van der Waals surface area contributed by atoms with E-state index in [9.17, 15) is 14.4 Å². The molecule has 2 amide bonds. The fourth-order valence-corrected chi connectivity index (χ4v) is 3.33. The van der Waals surface area contributed by atoms with Gasteiger partial charge in [0.1, 0.15) is 5.76 Å². The number of amides is 2. The maximum absolute atomic E-state index is 12.6. The largest absolute Gasteiger partial charge is 0.455 e. The number of aromatic nitrogens is 1. The van der Waals surface area contributed by atoms with Gasteiger partial charge < -0.3 is 19.5 Å². The van der Waals surface area contributed by atoms with E-state index < -0.39 is 24.4 Å². The molecule has 0 unspecified atom stereocenters. The number of para-hydroxylation sites is 1. The smallest absolute Gasteiger partial charge is 0.311 e. The molecule has 1 N–H and O–H groups in total. The van der Waals surface area contributed by atoms with Crippen LogP contribution < -0.4 is 10.2 Å². The molecule has 2 atom stereocenters. The first-order valence-electron chi connectivity index (χ1n) is 9.68. The van der Waals surface area contributed by atoms with Gasteiger partial charge in [0.15, 0.2) is 12.4 Å². The highest BCUT2D eigenvalue weighted by atomic mass is 16.5. The maximum atomic E-state index is 12.6. The van der Waals surface area contributed by atoms with Crippen LogP contribution in [0.4, 0.5) is 11.5 Å². The standard InChI is InChI=1S/C21H25N3O5/c1-4-13(2)16-7-5-6-8-17(16)24-11-15(10-20(24)26)21(27)28-12-19(25)22-18-9-14(3)29-23-18/h5-9,13,15H,4,10-12H2,1-3H3,(H,22,23,25)/t13-,15-/m1/s1. The summed E-state index contributed by atoms with van der Waals surface area (Å²) >= 11 is 0. The lowest BCUT2D eigenvalue weighted by molar-refractivity contribution is -0.151. The Bertz CT molecular complexity index is 907. The van der Waals surface area contributed by atoms with E-state index in [0.717, 1.165) is 17.7 Å². The zero-order valence-electron chi connectivity index (χ0n) is 16.8. The average molecular weight is 399 g/mol. The fourth-order valence-electron chi connectivity index (χ4n) is 3.33. The Kier molecular flexibility index (Phi) is 6.31. The molecule has 0 spiro atoms. The Morgan fingerprint density at radius 3 is 2.83 bits per heavy atom. The number of anilines is 2. The summed E-state index contributed by atoms with van der Waals surface area (Å²) in [6.07, 6.45) is 1.02. The molecular formula is C21H25N3O5. The number of nitrogens with zero attached hydrogens (tertiary/aromatic N) is 2. The van der Waals surface area contributed by atoms with Crippen molar-refractivity contribution >= 4 is 29.3 Å². The van der Waals surface area contributed by atoms with Gasteiger partial charge in [0.05, 0.1) is 5.92 Å². The molecule has 29 heavy (non-hydrogen) atoms. The third-order valence-corrected chi connectivity index (χ3v) is 5.07. The summed E-state index contributed by atoms with van der Waals surface area (Å²) in [5.74, 6) is -0.691. The summed E-state index contributed by atoms with van der Waals surface area (Å²) in [7, 11) is 0. The zero-order valence-corrected chi connectivity index (χ0v) is 16.8. The Hall–Kier alpha value is -3.16. The van der Waals surface area contributed by atoms with E-state index in [1.165, 1.54) is 0 Å². The van der Waals surface area contributed by atoms with Crippen molar-refractivity contribution in [1.29, 1.82) is 0 Å². The summed E-state index contributed by atoms with van der Waals surface area (Å²) in [4.78, 5) is 38.5. The van der Waals surface area contributed by atoms with Gasteiger partial charge in [0.2, 0.25) is 5.91 Å². The molecule has 154 valence electrons. The number of rotatable bonds is 7. The van der Waals surface area contributed by atoms with Crippen LogP contribution in [0, 0.1) is 12.8 Å². The van der Waals surface area contributed by atoms with Gasteiger partial charge in [0, 0.05) is 24.7 Å². The van der Waals surface area contributed by atoms with E-state index >= 15 is 0 Å². The maximum Gasteiger partial charge on any atom is 0.311 e. The molecule has 0 bridgehead atoms. The number of carbonyl (C=O) groups excluding carboxylic acids is 3. The third-order valence-electron chi connectivity index (χ3n) is 5.07. The number of carbonyl (C=O) groups is 3. The number of hydrogen-bond donors (Lipinski definition) is 1. The van der Waals surface area contributed by atoms with Crippen LogP contribution >= 0.6 is 0 Å². The number of nitrogens with one attached hydrogen (secondary N) is 1. The van der Waals surface area contributed by atoms with Crippen LogP contribution in [-0.4, -0.2) is 36.1 Å². The van der Waals surface area contributed by atoms with E-state index in [2.05, 4.69) is 24.3 Å². The van der Waals surface area contributed by atoms with Crippen LogP contribution in [0.25, 0.3) is 0 Å². The van der Waals surface area contributed by atoms with Gasteiger partial charge in [-0.25, -0.2) is 0 Å². The predicted octanol–water partition coefficient (Wildman–Crippen LogP) is 3.03. The lowest BCUT2D eigenvalue weighted by Gasteiger charge is -2.23. The second kappa shape index (κ2) is 8.89. The lowest BCUT2D eigenvalue weighted by Crippen LogP contribution is -2.29. The summed E-state index contributed by atoms with van der Waals surface area (Å²) < 4.78 is 9.97. The Labute approximate surface area is 169 Å². The molecule has 2 aromatic rings. The monoisotopic (exact) mass is 399 g/mol. The lowest BCUT2D eigenvalue weighted by atomic mass is 9.96. The highest BCUT2D eigenvalue weighted by Crippen LogP contribution is 2.33. The van der Waals surface area contributed by atoms with Crippen LogP contribution in [-0.2, 0) is 19.1 Å². The Balaban J connectivity index is 1.58. The van der Waals surface area contributed by atoms with Crippen molar-refractivity contribution in [3.8, 4) is 0 Å². The zero-order chi connectivity index (χ0) is 21.0. The highest BCUT2D eigenvalue weighted by Gasteiger charge is 2.37. The van der Waals surface area contributed by atoms with E-state index in [1.807, 2.05) is 24.3 Å². The molecule has 1 saturated heterocycles. The summed E-state index contributed by atoms with van der Waals surface area (Å²) in [5.41, 5.74) is 1.92.